The van der Waals surface area contributed by atoms with Gasteiger partial charge in [-0.2, -0.15) is 0 Å². The Kier molecular flexibility index (Phi) is 4.24. The topological polar surface area (TPSA) is 29.1 Å². The minimum absolute atomic E-state index is 0.0313. The average molecular weight is 258 g/mol. The predicted molar refractivity (Wildman–Crippen MR) is 68.3 cm³/mol. The second kappa shape index (κ2) is 5.69. The molecule has 0 atom stereocenters. The van der Waals surface area contributed by atoms with E-state index in [4.69, 9.17) is 11.6 Å². The second-order valence-electron chi connectivity index (χ2n) is 4.27. The molecule has 1 fully saturated rings. The molecule has 88 valence electrons. The van der Waals surface area contributed by atoms with Crippen LogP contribution >= 0.6 is 22.9 Å². The highest BCUT2D eigenvalue weighted by molar-refractivity contribution is 7.17. The van der Waals surface area contributed by atoms with Crippen molar-refractivity contribution in [3.05, 3.63) is 21.3 Å². The Morgan fingerprint density at radius 3 is 2.50 bits per heavy atom. The molecule has 1 aliphatic carbocycles. The van der Waals surface area contributed by atoms with Gasteiger partial charge in [0.2, 0.25) is 0 Å². The van der Waals surface area contributed by atoms with Crippen LogP contribution in [0.2, 0.25) is 4.34 Å². The second-order valence-corrected chi connectivity index (χ2v) is 5.98. The zero-order valence-electron chi connectivity index (χ0n) is 9.17. The van der Waals surface area contributed by atoms with Crippen molar-refractivity contribution in [2.24, 2.45) is 0 Å². The van der Waals surface area contributed by atoms with Crippen LogP contribution in [0.25, 0.3) is 0 Å². The van der Waals surface area contributed by atoms with E-state index in [-0.39, 0.29) is 5.91 Å². The molecule has 2 nitrogen and oxygen atoms in total. The van der Waals surface area contributed by atoms with Crippen molar-refractivity contribution in [1.82, 2.24) is 5.32 Å². The fourth-order valence-corrected chi connectivity index (χ4v) is 3.06. The van der Waals surface area contributed by atoms with Gasteiger partial charge in [0.1, 0.15) is 0 Å². The van der Waals surface area contributed by atoms with E-state index >= 15 is 0 Å². The molecule has 4 heteroatoms. The summed E-state index contributed by atoms with van der Waals surface area (Å²) in [5, 5.41) is 3.10. The van der Waals surface area contributed by atoms with Gasteiger partial charge >= 0.3 is 0 Å². The van der Waals surface area contributed by atoms with E-state index in [2.05, 4.69) is 5.32 Å². The van der Waals surface area contributed by atoms with Gasteiger partial charge in [0.15, 0.2) is 0 Å². The third-order valence-electron chi connectivity index (χ3n) is 2.99. The summed E-state index contributed by atoms with van der Waals surface area (Å²) in [7, 11) is 0. The predicted octanol–water partition coefficient (Wildman–Crippen LogP) is 3.85. The summed E-state index contributed by atoms with van der Waals surface area (Å²) >= 11 is 7.15. The van der Waals surface area contributed by atoms with Gasteiger partial charge in [-0.3, -0.25) is 4.79 Å². The molecule has 0 unspecified atom stereocenters. The van der Waals surface area contributed by atoms with E-state index in [1.807, 2.05) is 0 Å². The Bertz CT molecular complexity index is 356. The highest BCUT2D eigenvalue weighted by Gasteiger charge is 2.16. The number of thiophene rings is 1. The lowest BCUT2D eigenvalue weighted by Crippen LogP contribution is -2.33. The number of rotatable bonds is 2. The Balaban J connectivity index is 1.90. The van der Waals surface area contributed by atoms with Crippen molar-refractivity contribution in [3.8, 4) is 0 Å². The lowest BCUT2D eigenvalue weighted by molar-refractivity contribution is 0.0937. The maximum Gasteiger partial charge on any atom is 0.261 e. The van der Waals surface area contributed by atoms with Crippen molar-refractivity contribution >= 4 is 28.8 Å². The zero-order valence-corrected chi connectivity index (χ0v) is 10.7. The molecule has 1 aromatic heterocycles. The molecule has 1 aromatic rings. The minimum Gasteiger partial charge on any atom is -0.349 e. The van der Waals surface area contributed by atoms with Crippen LogP contribution in [-0.2, 0) is 0 Å². The number of hydrogen-bond donors (Lipinski definition) is 1. The molecule has 1 amide bonds. The van der Waals surface area contributed by atoms with Gasteiger partial charge in [0, 0.05) is 6.04 Å². The molecule has 1 heterocycles. The van der Waals surface area contributed by atoms with Crippen molar-refractivity contribution < 1.29 is 4.79 Å². The third kappa shape index (κ3) is 3.22. The number of halogens is 1. The van der Waals surface area contributed by atoms with Crippen LogP contribution in [0.4, 0.5) is 0 Å². The summed E-state index contributed by atoms with van der Waals surface area (Å²) in [6.45, 7) is 0. The molecule has 0 aliphatic heterocycles. The van der Waals surface area contributed by atoms with Crippen LogP contribution in [0, 0.1) is 0 Å². The van der Waals surface area contributed by atoms with Gasteiger partial charge in [-0.25, -0.2) is 0 Å². The standard InChI is InChI=1S/C12H16ClNOS/c13-11-8-7-10(16-11)12(15)14-9-5-3-1-2-4-6-9/h7-9H,1-6H2,(H,14,15). The lowest BCUT2D eigenvalue weighted by Gasteiger charge is -2.15. The molecule has 1 aliphatic rings. The summed E-state index contributed by atoms with van der Waals surface area (Å²) in [4.78, 5) is 12.6. The van der Waals surface area contributed by atoms with E-state index < -0.39 is 0 Å². The molecule has 16 heavy (non-hydrogen) atoms. The molecule has 0 bridgehead atoms. The Morgan fingerprint density at radius 2 is 1.94 bits per heavy atom. The highest BCUT2D eigenvalue weighted by atomic mass is 35.5. The van der Waals surface area contributed by atoms with E-state index in [0.29, 0.717) is 15.3 Å². The van der Waals surface area contributed by atoms with Gasteiger partial charge in [-0.05, 0) is 25.0 Å². The molecular formula is C12H16ClNOS. The van der Waals surface area contributed by atoms with Gasteiger partial charge < -0.3 is 5.32 Å². The lowest BCUT2D eigenvalue weighted by atomic mass is 10.1. The van der Waals surface area contributed by atoms with Crippen LogP contribution < -0.4 is 5.32 Å². The summed E-state index contributed by atoms with van der Waals surface area (Å²) in [5.74, 6) is 0.0313. The largest absolute Gasteiger partial charge is 0.349 e. The molecule has 0 aromatic carbocycles. The number of carbonyl (C=O) groups is 1. The van der Waals surface area contributed by atoms with E-state index in [9.17, 15) is 4.79 Å². The Hall–Kier alpha value is -0.540. The van der Waals surface area contributed by atoms with Gasteiger partial charge in [0.05, 0.1) is 9.21 Å². The average Bonchev–Trinajstić information content (AvgIpc) is 2.54. The van der Waals surface area contributed by atoms with Crippen LogP contribution in [0.5, 0.6) is 0 Å². The summed E-state index contributed by atoms with van der Waals surface area (Å²) in [5.41, 5.74) is 0. The quantitative estimate of drug-likeness (QED) is 0.801. The minimum atomic E-state index is 0.0313. The van der Waals surface area contributed by atoms with Crippen LogP contribution in [0.15, 0.2) is 12.1 Å². The molecule has 0 radical (unpaired) electrons. The molecular weight excluding hydrogens is 242 g/mol. The van der Waals surface area contributed by atoms with Crippen LogP contribution in [0.1, 0.15) is 48.2 Å². The van der Waals surface area contributed by atoms with Crippen molar-refractivity contribution in [2.45, 2.75) is 44.6 Å². The smallest absolute Gasteiger partial charge is 0.261 e. The van der Waals surface area contributed by atoms with Crippen molar-refractivity contribution in [2.75, 3.05) is 0 Å². The fraction of sp³-hybridized carbons (Fsp3) is 0.583. The third-order valence-corrected chi connectivity index (χ3v) is 4.22. The monoisotopic (exact) mass is 257 g/mol. The number of hydrogen-bond acceptors (Lipinski definition) is 2. The Morgan fingerprint density at radius 1 is 1.25 bits per heavy atom. The fourth-order valence-electron chi connectivity index (χ4n) is 2.12. The van der Waals surface area contributed by atoms with E-state index in [1.54, 1.807) is 12.1 Å². The van der Waals surface area contributed by atoms with Gasteiger partial charge in [0.25, 0.3) is 5.91 Å². The first kappa shape index (κ1) is 11.9. The molecule has 0 spiro atoms. The molecule has 1 saturated carbocycles. The van der Waals surface area contributed by atoms with Crippen LogP contribution in [0.3, 0.4) is 0 Å². The maximum atomic E-state index is 11.9. The maximum absolute atomic E-state index is 11.9. The summed E-state index contributed by atoms with van der Waals surface area (Å²) in [6, 6.07) is 3.92. The number of carbonyl (C=O) groups excluding carboxylic acids is 1. The number of amides is 1. The first-order chi connectivity index (χ1) is 7.75. The van der Waals surface area contributed by atoms with Crippen molar-refractivity contribution in [1.29, 1.82) is 0 Å². The number of nitrogens with one attached hydrogen (secondary N) is 1. The van der Waals surface area contributed by atoms with Crippen LogP contribution in [-0.4, -0.2) is 11.9 Å². The van der Waals surface area contributed by atoms with Crippen molar-refractivity contribution in [3.63, 3.8) is 0 Å². The normalized spacial score (nSPS) is 18.1. The first-order valence-corrected chi connectivity index (χ1v) is 7.01. The van der Waals surface area contributed by atoms with Gasteiger partial charge in [-0.1, -0.05) is 37.3 Å². The summed E-state index contributed by atoms with van der Waals surface area (Å²) < 4.78 is 0.672. The summed E-state index contributed by atoms with van der Waals surface area (Å²) in [6.07, 6.45) is 7.30. The van der Waals surface area contributed by atoms with E-state index in [1.165, 1.54) is 37.0 Å². The SMILES string of the molecule is O=C(NC1CCCCCC1)c1ccc(Cl)s1. The molecule has 1 N–H and O–H groups in total. The first-order valence-electron chi connectivity index (χ1n) is 5.82. The highest BCUT2D eigenvalue weighted by Crippen LogP contribution is 2.22. The molecule has 0 saturated heterocycles. The molecule has 2 rings (SSSR count). The zero-order chi connectivity index (χ0) is 11.4. The van der Waals surface area contributed by atoms with Gasteiger partial charge in [-0.15, -0.1) is 11.3 Å². The Labute approximate surface area is 105 Å². The van der Waals surface area contributed by atoms with E-state index in [0.717, 1.165) is 12.8 Å².